The monoisotopic (exact) mass is 293 g/mol. The molecule has 0 saturated carbocycles. The van der Waals surface area contributed by atoms with Crippen molar-refractivity contribution < 1.29 is 4.39 Å². The number of hydrogen-bond donors (Lipinski definition) is 1. The van der Waals surface area contributed by atoms with Gasteiger partial charge in [0.1, 0.15) is 17.5 Å². The van der Waals surface area contributed by atoms with Gasteiger partial charge in [-0.25, -0.2) is 14.4 Å². The van der Waals surface area contributed by atoms with Crippen molar-refractivity contribution in [1.82, 2.24) is 9.97 Å². The van der Waals surface area contributed by atoms with E-state index in [0.29, 0.717) is 27.9 Å². The van der Waals surface area contributed by atoms with Gasteiger partial charge in [0, 0.05) is 29.1 Å². The number of anilines is 1. The Bertz CT molecular complexity index is 636. The van der Waals surface area contributed by atoms with E-state index in [4.69, 9.17) is 11.6 Å². The van der Waals surface area contributed by atoms with Gasteiger partial charge >= 0.3 is 0 Å². The molecule has 106 valence electrons. The number of benzene rings is 1. The molecule has 1 aromatic heterocycles. The van der Waals surface area contributed by atoms with Gasteiger partial charge in [-0.1, -0.05) is 32.4 Å². The van der Waals surface area contributed by atoms with Crippen molar-refractivity contribution >= 4 is 17.4 Å². The molecule has 0 radical (unpaired) electrons. The fourth-order valence-electron chi connectivity index (χ4n) is 1.75. The third-order valence-electron chi connectivity index (χ3n) is 2.86. The summed E-state index contributed by atoms with van der Waals surface area (Å²) in [7, 11) is 1.77. The Balaban J connectivity index is 2.61. The van der Waals surface area contributed by atoms with E-state index >= 15 is 0 Å². The summed E-state index contributed by atoms with van der Waals surface area (Å²) in [6.07, 6.45) is 0. The van der Waals surface area contributed by atoms with Crippen LogP contribution in [0.1, 0.15) is 26.6 Å². The zero-order valence-corrected chi connectivity index (χ0v) is 12.7. The van der Waals surface area contributed by atoms with Crippen LogP contribution in [0.3, 0.4) is 0 Å². The van der Waals surface area contributed by atoms with E-state index in [9.17, 15) is 4.39 Å². The highest BCUT2D eigenvalue weighted by Gasteiger charge is 2.20. The van der Waals surface area contributed by atoms with Crippen LogP contribution >= 0.6 is 11.6 Å². The van der Waals surface area contributed by atoms with Crippen molar-refractivity contribution in [1.29, 1.82) is 0 Å². The first-order chi connectivity index (χ1) is 9.31. The first kappa shape index (κ1) is 14.7. The Morgan fingerprint density at radius 3 is 2.40 bits per heavy atom. The van der Waals surface area contributed by atoms with E-state index in [1.165, 1.54) is 6.07 Å². The summed E-state index contributed by atoms with van der Waals surface area (Å²) in [5.41, 5.74) is 0.743. The molecule has 2 aromatic rings. The number of hydrogen-bond acceptors (Lipinski definition) is 3. The predicted molar refractivity (Wildman–Crippen MR) is 80.7 cm³/mol. The summed E-state index contributed by atoms with van der Waals surface area (Å²) in [5, 5.41) is 3.35. The average molecular weight is 294 g/mol. The minimum atomic E-state index is -0.391. The Kier molecular flexibility index (Phi) is 3.95. The zero-order valence-electron chi connectivity index (χ0n) is 12.0. The molecule has 20 heavy (non-hydrogen) atoms. The van der Waals surface area contributed by atoms with Crippen LogP contribution in [0.5, 0.6) is 0 Å². The lowest BCUT2D eigenvalue weighted by molar-refractivity contribution is 0.546. The molecule has 1 heterocycles. The van der Waals surface area contributed by atoms with Gasteiger partial charge in [-0.05, 0) is 18.2 Å². The van der Waals surface area contributed by atoms with Crippen molar-refractivity contribution in [3.05, 3.63) is 40.9 Å². The van der Waals surface area contributed by atoms with Crippen molar-refractivity contribution in [3.8, 4) is 11.3 Å². The van der Waals surface area contributed by atoms with E-state index in [-0.39, 0.29) is 5.41 Å². The summed E-state index contributed by atoms with van der Waals surface area (Å²) in [5.74, 6) is 0.932. The largest absolute Gasteiger partial charge is 0.373 e. The van der Waals surface area contributed by atoms with Crippen molar-refractivity contribution in [3.63, 3.8) is 0 Å². The van der Waals surface area contributed by atoms with Crippen LogP contribution in [-0.4, -0.2) is 17.0 Å². The van der Waals surface area contributed by atoms with Crippen molar-refractivity contribution in [2.75, 3.05) is 12.4 Å². The SMILES string of the molecule is CNc1cc(-c2ccc(Cl)cc2F)nc(C(C)(C)C)n1. The van der Waals surface area contributed by atoms with Gasteiger partial charge in [0.05, 0.1) is 5.69 Å². The minimum absolute atomic E-state index is 0.218. The topological polar surface area (TPSA) is 37.8 Å². The highest BCUT2D eigenvalue weighted by atomic mass is 35.5. The van der Waals surface area contributed by atoms with Crippen LogP contribution in [0, 0.1) is 5.82 Å². The van der Waals surface area contributed by atoms with Crippen LogP contribution in [0.2, 0.25) is 5.02 Å². The Labute approximate surface area is 123 Å². The first-order valence-electron chi connectivity index (χ1n) is 6.34. The summed E-state index contributed by atoms with van der Waals surface area (Å²) in [6.45, 7) is 6.05. The zero-order chi connectivity index (χ0) is 14.9. The third kappa shape index (κ3) is 3.07. The molecule has 0 fully saturated rings. The molecule has 2 rings (SSSR count). The van der Waals surface area contributed by atoms with Crippen LogP contribution in [0.4, 0.5) is 10.2 Å². The molecule has 0 bridgehead atoms. The van der Waals surface area contributed by atoms with Gasteiger partial charge in [-0.3, -0.25) is 0 Å². The van der Waals surface area contributed by atoms with Crippen LogP contribution in [0.25, 0.3) is 11.3 Å². The maximum Gasteiger partial charge on any atom is 0.136 e. The van der Waals surface area contributed by atoms with Gasteiger partial charge in [0.25, 0.3) is 0 Å². The molecule has 0 unspecified atom stereocenters. The number of nitrogens with one attached hydrogen (secondary N) is 1. The number of aromatic nitrogens is 2. The van der Waals surface area contributed by atoms with Gasteiger partial charge in [-0.2, -0.15) is 0 Å². The molecule has 1 aromatic carbocycles. The van der Waals surface area contributed by atoms with Gasteiger partial charge < -0.3 is 5.32 Å². The maximum atomic E-state index is 14.0. The molecule has 0 spiro atoms. The fraction of sp³-hybridized carbons (Fsp3) is 0.333. The fourth-order valence-corrected chi connectivity index (χ4v) is 1.90. The summed E-state index contributed by atoms with van der Waals surface area (Å²) in [4.78, 5) is 8.90. The molecule has 3 nitrogen and oxygen atoms in total. The van der Waals surface area contributed by atoms with Crippen molar-refractivity contribution in [2.45, 2.75) is 26.2 Å². The maximum absolute atomic E-state index is 14.0. The molecular formula is C15H17ClFN3. The Morgan fingerprint density at radius 2 is 1.85 bits per heavy atom. The molecule has 0 atom stereocenters. The lowest BCUT2D eigenvalue weighted by Crippen LogP contribution is -2.17. The number of halogens is 2. The highest BCUT2D eigenvalue weighted by molar-refractivity contribution is 6.30. The molecule has 0 aliphatic carbocycles. The van der Waals surface area contributed by atoms with Crippen LogP contribution in [0.15, 0.2) is 24.3 Å². The second kappa shape index (κ2) is 5.37. The summed E-state index contributed by atoms with van der Waals surface area (Å²) >= 11 is 5.78. The van der Waals surface area contributed by atoms with Crippen LogP contribution in [-0.2, 0) is 5.41 Å². The molecule has 0 amide bonds. The first-order valence-corrected chi connectivity index (χ1v) is 6.72. The highest BCUT2D eigenvalue weighted by Crippen LogP contribution is 2.28. The molecule has 0 saturated heterocycles. The molecule has 0 aliphatic heterocycles. The van der Waals surface area contributed by atoms with Gasteiger partial charge in [0.15, 0.2) is 0 Å². The average Bonchev–Trinajstić information content (AvgIpc) is 2.37. The predicted octanol–water partition coefficient (Wildman–Crippen LogP) is 4.28. The second-order valence-electron chi connectivity index (χ2n) is 5.59. The minimum Gasteiger partial charge on any atom is -0.373 e. The van der Waals surface area contributed by atoms with E-state index in [2.05, 4.69) is 15.3 Å². The van der Waals surface area contributed by atoms with E-state index in [0.717, 1.165) is 0 Å². The van der Waals surface area contributed by atoms with E-state index in [1.54, 1.807) is 25.2 Å². The third-order valence-corrected chi connectivity index (χ3v) is 3.10. The number of rotatable bonds is 2. The molecule has 0 aliphatic rings. The lowest BCUT2D eigenvalue weighted by Gasteiger charge is -2.18. The Morgan fingerprint density at radius 1 is 1.15 bits per heavy atom. The molecule has 1 N–H and O–H groups in total. The number of nitrogens with zero attached hydrogens (tertiary/aromatic N) is 2. The molecule has 5 heteroatoms. The van der Waals surface area contributed by atoms with Crippen molar-refractivity contribution in [2.24, 2.45) is 0 Å². The van der Waals surface area contributed by atoms with Crippen LogP contribution < -0.4 is 5.32 Å². The molecular weight excluding hydrogens is 277 g/mol. The quantitative estimate of drug-likeness (QED) is 0.898. The Hall–Kier alpha value is -1.68. The smallest absolute Gasteiger partial charge is 0.136 e. The van der Waals surface area contributed by atoms with E-state index in [1.807, 2.05) is 20.8 Å². The van der Waals surface area contributed by atoms with Gasteiger partial charge in [-0.15, -0.1) is 0 Å². The van der Waals surface area contributed by atoms with Gasteiger partial charge in [0.2, 0.25) is 0 Å². The summed E-state index contributed by atoms with van der Waals surface area (Å²) < 4.78 is 14.0. The lowest BCUT2D eigenvalue weighted by atomic mass is 9.95. The van der Waals surface area contributed by atoms with E-state index < -0.39 is 5.82 Å². The second-order valence-corrected chi connectivity index (χ2v) is 6.02. The summed E-state index contributed by atoms with van der Waals surface area (Å²) in [6, 6.07) is 6.29. The normalized spacial score (nSPS) is 11.5. The standard InChI is InChI=1S/C15H17ClFN3/c1-15(2,3)14-19-12(8-13(18-4)20-14)10-6-5-9(16)7-11(10)17/h5-8H,1-4H3,(H,18,19,20).